The molecule has 0 aliphatic rings. The molecule has 0 saturated carbocycles. The molecule has 0 radical (unpaired) electrons. The van der Waals surface area contributed by atoms with E-state index in [0.717, 1.165) is 5.75 Å². The van der Waals surface area contributed by atoms with Gasteiger partial charge in [-0.3, -0.25) is 4.79 Å². The molecule has 1 amide bonds. The van der Waals surface area contributed by atoms with Crippen LogP contribution in [0.2, 0.25) is 0 Å². The van der Waals surface area contributed by atoms with Crippen LogP contribution in [0.1, 0.15) is 22.8 Å². The third kappa shape index (κ3) is 5.45. The fourth-order valence-corrected chi connectivity index (χ4v) is 2.79. The van der Waals surface area contributed by atoms with Crippen LogP contribution in [0.5, 0.6) is 0 Å². The summed E-state index contributed by atoms with van der Waals surface area (Å²) in [5.41, 5.74) is 2.03. The van der Waals surface area contributed by atoms with Gasteiger partial charge in [0.25, 0.3) is 0 Å². The van der Waals surface area contributed by atoms with Crippen LogP contribution in [0.15, 0.2) is 54.6 Å². The Labute approximate surface area is 140 Å². The molecule has 4 nitrogen and oxygen atoms in total. The van der Waals surface area contributed by atoms with Crippen molar-refractivity contribution in [3.63, 3.8) is 0 Å². The second-order valence-electron chi connectivity index (χ2n) is 4.79. The molecule has 23 heavy (non-hydrogen) atoms. The van der Waals surface area contributed by atoms with Gasteiger partial charge in [-0.2, -0.15) is 0 Å². The first kappa shape index (κ1) is 17.1. The SMILES string of the molecule is CCOC(=O)c1ccccc1NC(=O)CSCc1ccccc1. The molecule has 0 unspecified atom stereocenters. The molecule has 0 heterocycles. The smallest absolute Gasteiger partial charge is 0.340 e. The molecule has 0 bridgehead atoms. The van der Waals surface area contributed by atoms with Gasteiger partial charge in [-0.25, -0.2) is 4.79 Å². The number of anilines is 1. The Morgan fingerprint density at radius 2 is 1.74 bits per heavy atom. The van der Waals surface area contributed by atoms with Gasteiger partial charge in [-0.1, -0.05) is 42.5 Å². The highest BCUT2D eigenvalue weighted by Gasteiger charge is 2.13. The summed E-state index contributed by atoms with van der Waals surface area (Å²) in [6, 6.07) is 16.8. The minimum absolute atomic E-state index is 0.136. The fourth-order valence-electron chi connectivity index (χ4n) is 2.00. The Balaban J connectivity index is 1.89. The maximum atomic E-state index is 12.1. The molecule has 0 saturated heterocycles. The molecule has 2 rings (SSSR count). The molecule has 1 N–H and O–H groups in total. The van der Waals surface area contributed by atoms with Gasteiger partial charge in [0.1, 0.15) is 0 Å². The summed E-state index contributed by atoms with van der Waals surface area (Å²) in [5.74, 6) is 0.530. The normalized spacial score (nSPS) is 10.1. The van der Waals surface area contributed by atoms with Crippen molar-refractivity contribution in [2.24, 2.45) is 0 Å². The molecule has 0 aliphatic heterocycles. The molecule has 2 aromatic rings. The highest BCUT2D eigenvalue weighted by Crippen LogP contribution is 2.17. The molecule has 0 atom stereocenters. The number of thioether (sulfide) groups is 1. The Bertz CT molecular complexity index is 658. The molecular formula is C18H19NO3S. The molecular weight excluding hydrogens is 310 g/mol. The Hall–Kier alpha value is -2.27. The summed E-state index contributed by atoms with van der Waals surface area (Å²) < 4.78 is 4.99. The summed E-state index contributed by atoms with van der Waals surface area (Å²) in [7, 11) is 0. The summed E-state index contributed by atoms with van der Waals surface area (Å²) in [4.78, 5) is 23.9. The molecule has 0 aliphatic carbocycles. The van der Waals surface area contributed by atoms with Crippen LogP contribution in [-0.4, -0.2) is 24.2 Å². The highest BCUT2D eigenvalue weighted by molar-refractivity contribution is 7.99. The number of rotatable bonds is 7. The van der Waals surface area contributed by atoms with Crippen molar-refractivity contribution in [1.82, 2.24) is 0 Å². The number of nitrogens with one attached hydrogen (secondary N) is 1. The van der Waals surface area contributed by atoms with Crippen molar-refractivity contribution in [1.29, 1.82) is 0 Å². The van der Waals surface area contributed by atoms with Crippen LogP contribution in [0, 0.1) is 0 Å². The maximum absolute atomic E-state index is 12.1. The second kappa shape index (κ2) is 9.00. The predicted octanol–water partition coefficient (Wildman–Crippen LogP) is 3.74. The quantitative estimate of drug-likeness (QED) is 0.786. The monoisotopic (exact) mass is 329 g/mol. The Kier molecular flexibility index (Phi) is 6.69. The van der Waals surface area contributed by atoms with Crippen molar-refractivity contribution in [2.75, 3.05) is 17.7 Å². The van der Waals surface area contributed by atoms with E-state index in [1.807, 2.05) is 30.3 Å². The van der Waals surface area contributed by atoms with Crippen molar-refractivity contribution in [3.05, 3.63) is 65.7 Å². The average molecular weight is 329 g/mol. The lowest BCUT2D eigenvalue weighted by Crippen LogP contribution is -2.17. The lowest BCUT2D eigenvalue weighted by Gasteiger charge is -2.10. The fraction of sp³-hybridized carbons (Fsp3) is 0.222. The number of carbonyl (C=O) groups excluding carboxylic acids is 2. The zero-order valence-electron chi connectivity index (χ0n) is 13.0. The minimum atomic E-state index is -0.430. The minimum Gasteiger partial charge on any atom is -0.462 e. The topological polar surface area (TPSA) is 55.4 Å². The largest absolute Gasteiger partial charge is 0.462 e. The van der Waals surface area contributed by atoms with E-state index in [-0.39, 0.29) is 5.91 Å². The molecule has 0 spiro atoms. The summed E-state index contributed by atoms with van der Waals surface area (Å²) in [6.45, 7) is 2.05. The summed E-state index contributed by atoms with van der Waals surface area (Å²) in [6.07, 6.45) is 0. The van der Waals surface area contributed by atoms with Gasteiger partial charge in [-0.05, 0) is 24.6 Å². The average Bonchev–Trinajstić information content (AvgIpc) is 2.56. The van der Waals surface area contributed by atoms with Gasteiger partial charge in [0.2, 0.25) is 5.91 Å². The third-order valence-corrected chi connectivity index (χ3v) is 4.04. The van der Waals surface area contributed by atoms with Crippen LogP contribution in [0.3, 0.4) is 0 Å². The first-order chi connectivity index (χ1) is 11.2. The lowest BCUT2D eigenvalue weighted by atomic mass is 10.2. The van der Waals surface area contributed by atoms with E-state index in [1.54, 1.807) is 31.2 Å². The third-order valence-electron chi connectivity index (χ3n) is 3.04. The Morgan fingerprint density at radius 1 is 1.04 bits per heavy atom. The summed E-state index contributed by atoms with van der Waals surface area (Å²) in [5, 5.41) is 2.78. The zero-order chi connectivity index (χ0) is 16.5. The highest BCUT2D eigenvalue weighted by atomic mass is 32.2. The van der Waals surface area contributed by atoms with Gasteiger partial charge in [0.05, 0.1) is 23.6 Å². The van der Waals surface area contributed by atoms with E-state index in [0.29, 0.717) is 23.6 Å². The molecule has 120 valence electrons. The van der Waals surface area contributed by atoms with E-state index in [9.17, 15) is 9.59 Å². The van der Waals surface area contributed by atoms with Crippen LogP contribution >= 0.6 is 11.8 Å². The van der Waals surface area contributed by atoms with Gasteiger partial charge in [0, 0.05) is 5.75 Å². The number of para-hydroxylation sites is 1. The van der Waals surface area contributed by atoms with Gasteiger partial charge < -0.3 is 10.1 Å². The number of hydrogen-bond donors (Lipinski definition) is 1. The number of benzene rings is 2. The van der Waals surface area contributed by atoms with Gasteiger partial charge >= 0.3 is 5.97 Å². The van der Waals surface area contributed by atoms with E-state index < -0.39 is 5.97 Å². The number of esters is 1. The van der Waals surface area contributed by atoms with E-state index in [4.69, 9.17) is 4.74 Å². The van der Waals surface area contributed by atoms with Gasteiger partial charge in [0.15, 0.2) is 0 Å². The number of carbonyl (C=O) groups is 2. The van der Waals surface area contributed by atoms with Crippen LogP contribution < -0.4 is 5.32 Å². The van der Waals surface area contributed by atoms with E-state index >= 15 is 0 Å². The molecule has 2 aromatic carbocycles. The van der Waals surface area contributed by atoms with E-state index in [2.05, 4.69) is 5.32 Å². The van der Waals surface area contributed by atoms with Crippen LogP contribution in [0.25, 0.3) is 0 Å². The summed E-state index contributed by atoms with van der Waals surface area (Å²) >= 11 is 1.53. The van der Waals surface area contributed by atoms with Crippen LogP contribution in [-0.2, 0) is 15.3 Å². The van der Waals surface area contributed by atoms with Gasteiger partial charge in [-0.15, -0.1) is 11.8 Å². The molecule has 0 aromatic heterocycles. The first-order valence-corrected chi connectivity index (χ1v) is 8.54. The second-order valence-corrected chi connectivity index (χ2v) is 5.78. The van der Waals surface area contributed by atoms with Crippen molar-refractivity contribution < 1.29 is 14.3 Å². The van der Waals surface area contributed by atoms with Crippen molar-refractivity contribution in [2.45, 2.75) is 12.7 Å². The predicted molar refractivity (Wildman–Crippen MR) is 93.6 cm³/mol. The molecule has 5 heteroatoms. The number of hydrogen-bond acceptors (Lipinski definition) is 4. The Morgan fingerprint density at radius 3 is 2.48 bits per heavy atom. The van der Waals surface area contributed by atoms with Crippen molar-refractivity contribution in [3.8, 4) is 0 Å². The first-order valence-electron chi connectivity index (χ1n) is 7.38. The zero-order valence-corrected chi connectivity index (χ0v) is 13.8. The number of ether oxygens (including phenoxy) is 1. The maximum Gasteiger partial charge on any atom is 0.340 e. The molecule has 0 fully saturated rings. The van der Waals surface area contributed by atoms with Crippen molar-refractivity contribution >= 4 is 29.3 Å². The van der Waals surface area contributed by atoms with Crippen LogP contribution in [0.4, 0.5) is 5.69 Å². The lowest BCUT2D eigenvalue weighted by molar-refractivity contribution is -0.113. The van der Waals surface area contributed by atoms with E-state index in [1.165, 1.54) is 17.3 Å². The standard InChI is InChI=1S/C18H19NO3S/c1-2-22-18(21)15-10-6-7-11-16(15)19-17(20)13-23-12-14-8-4-3-5-9-14/h3-11H,2,12-13H2,1H3,(H,19,20). The number of amides is 1.